The van der Waals surface area contributed by atoms with E-state index in [1.165, 1.54) is 14.2 Å². The highest BCUT2D eigenvalue weighted by Crippen LogP contribution is 2.27. The van der Waals surface area contributed by atoms with Crippen molar-refractivity contribution >= 4 is 23.4 Å². The second-order valence-electron chi connectivity index (χ2n) is 8.86. The Morgan fingerprint density at radius 1 is 0.865 bits per heavy atom. The van der Waals surface area contributed by atoms with Crippen LogP contribution in [0.2, 0.25) is 5.02 Å². The fourth-order valence-corrected chi connectivity index (χ4v) is 4.07. The Kier molecular flexibility index (Phi) is 10.2. The number of amides is 2. The molecule has 196 valence electrons. The van der Waals surface area contributed by atoms with Gasteiger partial charge < -0.3 is 24.4 Å². The van der Waals surface area contributed by atoms with Crippen LogP contribution in [0.5, 0.6) is 17.2 Å². The predicted molar refractivity (Wildman–Crippen MR) is 144 cm³/mol. The highest BCUT2D eigenvalue weighted by Gasteiger charge is 2.31. The fraction of sp³-hybridized carbons (Fsp3) is 0.310. The summed E-state index contributed by atoms with van der Waals surface area (Å²) >= 11 is 6.22. The summed E-state index contributed by atoms with van der Waals surface area (Å²) in [5.41, 5.74) is 1.74. The lowest BCUT2D eigenvalue weighted by molar-refractivity contribution is -0.143. The van der Waals surface area contributed by atoms with Gasteiger partial charge >= 0.3 is 0 Å². The van der Waals surface area contributed by atoms with E-state index >= 15 is 0 Å². The van der Waals surface area contributed by atoms with Gasteiger partial charge in [-0.2, -0.15) is 0 Å². The van der Waals surface area contributed by atoms with Gasteiger partial charge in [-0.25, -0.2) is 0 Å². The Hall–Kier alpha value is -3.71. The lowest BCUT2D eigenvalue weighted by atomic mass is 10.0. The number of rotatable bonds is 12. The Morgan fingerprint density at radius 2 is 1.49 bits per heavy atom. The van der Waals surface area contributed by atoms with Crippen molar-refractivity contribution in [3.05, 3.63) is 88.9 Å². The summed E-state index contributed by atoms with van der Waals surface area (Å²) in [5.74, 6) is 0.907. The molecule has 0 aromatic heterocycles. The van der Waals surface area contributed by atoms with E-state index in [0.717, 1.165) is 11.1 Å². The third kappa shape index (κ3) is 8.43. The van der Waals surface area contributed by atoms with Crippen molar-refractivity contribution < 1.29 is 23.8 Å². The number of methoxy groups -OCH3 is 2. The van der Waals surface area contributed by atoms with Crippen molar-refractivity contribution in [3.8, 4) is 17.2 Å². The van der Waals surface area contributed by atoms with E-state index in [-0.39, 0.29) is 31.0 Å². The minimum atomic E-state index is -0.764. The SMILES string of the molecule is COc1cc(OC)cc(OCC(=O)N(Cc2cccc(Cl)c2)[C@@H](Cc2ccccc2)C(=O)NC(C)C)c1. The van der Waals surface area contributed by atoms with E-state index in [0.29, 0.717) is 28.7 Å². The second kappa shape index (κ2) is 13.6. The second-order valence-corrected chi connectivity index (χ2v) is 9.29. The smallest absolute Gasteiger partial charge is 0.261 e. The molecule has 0 aliphatic heterocycles. The largest absolute Gasteiger partial charge is 0.496 e. The van der Waals surface area contributed by atoms with Crippen molar-refractivity contribution in [1.29, 1.82) is 0 Å². The normalized spacial score (nSPS) is 11.5. The molecule has 0 aliphatic rings. The summed E-state index contributed by atoms with van der Waals surface area (Å²) in [5, 5.41) is 3.52. The number of benzene rings is 3. The van der Waals surface area contributed by atoms with Crippen LogP contribution in [0, 0.1) is 0 Å². The molecule has 0 radical (unpaired) electrons. The number of carbonyl (C=O) groups excluding carboxylic acids is 2. The van der Waals surface area contributed by atoms with Crippen LogP contribution in [0.4, 0.5) is 0 Å². The fourth-order valence-electron chi connectivity index (χ4n) is 3.86. The highest BCUT2D eigenvalue weighted by molar-refractivity contribution is 6.30. The van der Waals surface area contributed by atoms with Gasteiger partial charge in [0.2, 0.25) is 5.91 Å². The van der Waals surface area contributed by atoms with Gasteiger partial charge in [-0.1, -0.05) is 54.1 Å². The average Bonchev–Trinajstić information content (AvgIpc) is 2.89. The monoisotopic (exact) mass is 524 g/mol. The van der Waals surface area contributed by atoms with Gasteiger partial charge in [0.1, 0.15) is 23.3 Å². The van der Waals surface area contributed by atoms with Crippen LogP contribution in [0.15, 0.2) is 72.8 Å². The van der Waals surface area contributed by atoms with Gasteiger partial charge in [0, 0.05) is 42.2 Å². The summed E-state index contributed by atoms with van der Waals surface area (Å²) in [4.78, 5) is 28.6. The van der Waals surface area contributed by atoms with Crippen molar-refractivity contribution in [2.24, 2.45) is 0 Å². The van der Waals surface area contributed by atoms with Crippen LogP contribution in [-0.4, -0.2) is 49.6 Å². The quantitative estimate of drug-likeness (QED) is 0.364. The summed E-state index contributed by atoms with van der Waals surface area (Å²) in [7, 11) is 3.08. The predicted octanol–water partition coefficient (Wildman–Crippen LogP) is 4.90. The molecule has 0 spiro atoms. The molecule has 0 saturated heterocycles. The zero-order chi connectivity index (χ0) is 26.8. The van der Waals surface area contributed by atoms with Gasteiger partial charge in [0.25, 0.3) is 5.91 Å². The van der Waals surface area contributed by atoms with E-state index in [9.17, 15) is 9.59 Å². The number of nitrogens with zero attached hydrogens (tertiary/aromatic N) is 1. The molecular formula is C29H33ClN2O5. The maximum atomic E-state index is 13.7. The maximum absolute atomic E-state index is 13.7. The molecule has 37 heavy (non-hydrogen) atoms. The van der Waals surface area contributed by atoms with Crippen LogP contribution in [0.25, 0.3) is 0 Å². The summed E-state index contributed by atoms with van der Waals surface area (Å²) < 4.78 is 16.4. The number of ether oxygens (including phenoxy) is 3. The maximum Gasteiger partial charge on any atom is 0.261 e. The molecule has 0 heterocycles. The summed E-state index contributed by atoms with van der Waals surface area (Å²) in [6, 6.07) is 21.1. The summed E-state index contributed by atoms with van der Waals surface area (Å²) in [6.45, 7) is 3.68. The molecule has 8 heteroatoms. The van der Waals surface area contributed by atoms with Crippen LogP contribution in [0.1, 0.15) is 25.0 Å². The Bertz CT molecular complexity index is 1160. The Balaban J connectivity index is 1.92. The minimum absolute atomic E-state index is 0.0885. The van der Waals surface area contributed by atoms with Gasteiger partial charge in [-0.15, -0.1) is 0 Å². The van der Waals surface area contributed by atoms with Crippen molar-refractivity contribution in [2.45, 2.75) is 38.9 Å². The molecular weight excluding hydrogens is 492 g/mol. The molecule has 0 unspecified atom stereocenters. The Morgan fingerprint density at radius 3 is 2.08 bits per heavy atom. The van der Waals surface area contributed by atoms with Crippen molar-refractivity contribution in [2.75, 3.05) is 20.8 Å². The lowest BCUT2D eigenvalue weighted by Gasteiger charge is -2.32. The number of nitrogens with one attached hydrogen (secondary N) is 1. The van der Waals surface area contributed by atoms with E-state index in [1.54, 1.807) is 35.2 Å². The topological polar surface area (TPSA) is 77.1 Å². The van der Waals surface area contributed by atoms with Gasteiger partial charge in [0.15, 0.2) is 6.61 Å². The zero-order valence-electron chi connectivity index (χ0n) is 21.6. The summed E-state index contributed by atoms with van der Waals surface area (Å²) in [6.07, 6.45) is 0.346. The third-order valence-electron chi connectivity index (χ3n) is 5.63. The van der Waals surface area contributed by atoms with E-state index < -0.39 is 6.04 Å². The van der Waals surface area contributed by atoms with Gasteiger partial charge in [-0.3, -0.25) is 9.59 Å². The molecule has 0 fully saturated rings. The van der Waals surface area contributed by atoms with Crippen LogP contribution < -0.4 is 19.5 Å². The first kappa shape index (κ1) is 27.9. The molecule has 3 rings (SSSR count). The van der Waals surface area contributed by atoms with Crippen molar-refractivity contribution in [1.82, 2.24) is 10.2 Å². The molecule has 2 amide bonds. The van der Waals surface area contributed by atoms with Gasteiger partial charge in [0.05, 0.1) is 14.2 Å². The van der Waals surface area contributed by atoms with Crippen LogP contribution in [-0.2, 0) is 22.6 Å². The first-order valence-electron chi connectivity index (χ1n) is 12.0. The number of carbonyl (C=O) groups is 2. The number of hydrogen-bond donors (Lipinski definition) is 1. The average molecular weight is 525 g/mol. The molecule has 0 bridgehead atoms. The zero-order valence-corrected chi connectivity index (χ0v) is 22.3. The highest BCUT2D eigenvalue weighted by atomic mass is 35.5. The lowest BCUT2D eigenvalue weighted by Crippen LogP contribution is -2.52. The molecule has 3 aromatic carbocycles. The molecule has 1 atom stereocenters. The molecule has 3 aromatic rings. The van der Waals surface area contributed by atoms with Crippen LogP contribution >= 0.6 is 11.6 Å². The first-order valence-corrected chi connectivity index (χ1v) is 12.4. The molecule has 0 aliphatic carbocycles. The van der Waals surface area contributed by atoms with Gasteiger partial charge in [-0.05, 0) is 37.1 Å². The third-order valence-corrected chi connectivity index (χ3v) is 5.87. The molecule has 7 nitrogen and oxygen atoms in total. The van der Waals surface area contributed by atoms with E-state index in [1.807, 2.05) is 56.3 Å². The van der Waals surface area contributed by atoms with Crippen LogP contribution in [0.3, 0.4) is 0 Å². The molecule has 0 saturated carbocycles. The van der Waals surface area contributed by atoms with E-state index in [2.05, 4.69) is 5.32 Å². The Labute approximate surface area is 223 Å². The van der Waals surface area contributed by atoms with E-state index in [4.69, 9.17) is 25.8 Å². The number of halogens is 1. The first-order chi connectivity index (χ1) is 17.8. The standard InChI is InChI=1S/C29H33ClN2O5/c1-20(2)31-29(34)27(14-21-9-6-5-7-10-21)32(18-22-11-8-12-23(30)13-22)28(33)19-37-26-16-24(35-3)15-25(17-26)36-4/h5-13,15-17,20,27H,14,18-19H2,1-4H3,(H,31,34)/t27-/m0/s1. The minimum Gasteiger partial charge on any atom is -0.496 e. The molecule has 1 N–H and O–H groups in total. The van der Waals surface area contributed by atoms with Crippen molar-refractivity contribution in [3.63, 3.8) is 0 Å². The number of hydrogen-bond acceptors (Lipinski definition) is 5.